The summed E-state index contributed by atoms with van der Waals surface area (Å²) in [5.41, 5.74) is -1.52. The maximum Gasteiger partial charge on any atom is 0.396 e. The third kappa shape index (κ3) is 3.17. The molecule has 0 aromatic carbocycles. The molecule has 1 heterocycles. The second-order valence-corrected chi connectivity index (χ2v) is 4.50. The SMILES string of the molecule is FC(F)(F)C1(CNC2=NCCCN2)CCC1.I. The highest BCUT2D eigenvalue weighted by molar-refractivity contribution is 14.0. The van der Waals surface area contributed by atoms with Gasteiger partial charge in [-0.05, 0) is 19.3 Å². The Morgan fingerprint density at radius 3 is 2.41 bits per heavy atom. The van der Waals surface area contributed by atoms with E-state index < -0.39 is 11.6 Å². The molecule has 0 atom stereocenters. The van der Waals surface area contributed by atoms with Gasteiger partial charge in [-0.25, -0.2) is 0 Å². The summed E-state index contributed by atoms with van der Waals surface area (Å²) in [6, 6.07) is 0. The molecule has 1 saturated carbocycles. The van der Waals surface area contributed by atoms with Crippen LogP contribution >= 0.6 is 24.0 Å². The zero-order valence-electron chi connectivity index (χ0n) is 9.44. The topological polar surface area (TPSA) is 36.4 Å². The van der Waals surface area contributed by atoms with Crippen molar-refractivity contribution in [2.75, 3.05) is 19.6 Å². The number of rotatable bonds is 2. The molecule has 0 spiro atoms. The lowest BCUT2D eigenvalue weighted by Gasteiger charge is -2.43. The van der Waals surface area contributed by atoms with Crippen molar-refractivity contribution in [2.24, 2.45) is 10.4 Å². The molecule has 1 aliphatic carbocycles. The predicted octanol–water partition coefficient (Wildman–Crippen LogP) is 2.28. The first kappa shape index (κ1) is 14.8. The number of hydrogen-bond acceptors (Lipinski definition) is 3. The van der Waals surface area contributed by atoms with Gasteiger partial charge in [-0.3, -0.25) is 4.99 Å². The number of nitrogens with one attached hydrogen (secondary N) is 2. The molecule has 3 nitrogen and oxygen atoms in total. The van der Waals surface area contributed by atoms with Gasteiger partial charge in [0.25, 0.3) is 0 Å². The summed E-state index contributed by atoms with van der Waals surface area (Å²) in [6.07, 6.45) is -2.03. The third-order valence-corrected chi connectivity index (χ3v) is 3.40. The third-order valence-electron chi connectivity index (χ3n) is 3.40. The molecule has 2 rings (SSSR count). The van der Waals surface area contributed by atoms with E-state index in [1.54, 1.807) is 0 Å². The van der Waals surface area contributed by atoms with Crippen LogP contribution in [0.15, 0.2) is 4.99 Å². The standard InChI is InChI=1S/C10H16F3N3.HI/c11-10(12,13)9(3-1-4-9)7-16-8-14-5-2-6-15-8;/h1-7H2,(H2,14,15,16);1H. The van der Waals surface area contributed by atoms with Gasteiger partial charge in [0.1, 0.15) is 0 Å². The van der Waals surface area contributed by atoms with Gasteiger partial charge < -0.3 is 10.6 Å². The molecule has 2 aliphatic rings. The van der Waals surface area contributed by atoms with E-state index in [4.69, 9.17) is 0 Å². The number of nitrogens with zero attached hydrogens (tertiary/aromatic N) is 1. The quantitative estimate of drug-likeness (QED) is 0.739. The second-order valence-electron chi connectivity index (χ2n) is 4.50. The zero-order valence-corrected chi connectivity index (χ0v) is 11.8. The van der Waals surface area contributed by atoms with Crippen LogP contribution in [-0.2, 0) is 0 Å². The molecule has 100 valence electrons. The van der Waals surface area contributed by atoms with Gasteiger partial charge in [0, 0.05) is 19.6 Å². The van der Waals surface area contributed by atoms with Crippen molar-refractivity contribution in [3.05, 3.63) is 0 Å². The van der Waals surface area contributed by atoms with E-state index in [1.165, 1.54) is 0 Å². The average Bonchev–Trinajstić information content (AvgIpc) is 2.15. The maximum atomic E-state index is 12.8. The summed E-state index contributed by atoms with van der Waals surface area (Å²) in [4.78, 5) is 4.10. The lowest BCUT2D eigenvalue weighted by atomic mass is 9.68. The highest BCUT2D eigenvalue weighted by Gasteiger charge is 2.57. The summed E-state index contributed by atoms with van der Waals surface area (Å²) < 4.78 is 38.4. The lowest BCUT2D eigenvalue weighted by Crippen LogP contribution is -2.54. The lowest BCUT2D eigenvalue weighted by molar-refractivity contribution is -0.247. The zero-order chi connectivity index (χ0) is 11.6. The number of hydrogen-bond donors (Lipinski definition) is 2. The molecular weight excluding hydrogens is 346 g/mol. The fourth-order valence-corrected chi connectivity index (χ4v) is 2.07. The van der Waals surface area contributed by atoms with Gasteiger partial charge in [0.15, 0.2) is 5.96 Å². The largest absolute Gasteiger partial charge is 0.396 e. The molecule has 7 heteroatoms. The van der Waals surface area contributed by atoms with Crippen molar-refractivity contribution in [1.82, 2.24) is 10.6 Å². The Labute approximate surface area is 116 Å². The van der Waals surface area contributed by atoms with Gasteiger partial charge in [0.2, 0.25) is 0 Å². The summed E-state index contributed by atoms with van der Waals surface area (Å²) in [7, 11) is 0. The predicted molar refractivity (Wildman–Crippen MR) is 70.7 cm³/mol. The number of aliphatic imine (C=N–C) groups is 1. The van der Waals surface area contributed by atoms with Crippen molar-refractivity contribution in [1.29, 1.82) is 0 Å². The summed E-state index contributed by atoms with van der Waals surface area (Å²) in [6.45, 7) is 1.42. The van der Waals surface area contributed by atoms with E-state index in [0.717, 1.165) is 13.0 Å². The van der Waals surface area contributed by atoms with Gasteiger partial charge >= 0.3 is 6.18 Å². The van der Waals surface area contributed by atoms with Crippen molar-refractivity contribution < 1.29 is 13.2 Å². The van der Waals surface area contributed by atoms with E-state index in [-0.39, 0.29) is 43.4 Å². The second kappa shape index (κ2) is 5.62. The number of halogens is 4. The maximum absolute atomic E-state index is 12.8. The Balaban J connectivity index is 0.00000144. The monoisotopic (exact) mass is 363 g/mol. The summed E-state index contributed by atoms with van der Waals surface area (Å²) in [5, 5.41) is 5.75. The van der Waals surface area contributed by atoms with E-state index in [0.29, 0.717) is 18.9 Å². The van der Waals surface area contributed by atoms with Crippen LogP contribution in [0.1, 0.15) is 25.7 Å². The molecule has 0 bridgehead atoms. The van der Waals surface area contributed by atoms with Gasteiger partial charge in [-0.2, -0.15) is 13.2 Å². The molecule has 0 aromatic heterocycles. The summed E-state index contributed by atoms with van der Waals surface area (Å²) >= 11 is 0. The molecule has 0 amide bonds. The molecule has 1 aliphatic heterocycles. The van der Waals surface area contributed by atoms with Crippen LogP contribution in [0.2, 0.25) is 0 Å². The fraction of sp³-hybridized carbons (Fsp3) is 0.900. The van der Waals surface area contributed by atoms with Crippen LogP contribution in [0.5, 0.6) is 0 Å². The average molecular weight is 363 g/mol. The van der Waals surface area contributed by atoms with Crippen LogP contribution in [0.4, 0.5) is 13.2 Å². The first-order valence-electron chi connectivity index (χ1n) is 5.62. The molecule has 1 fully saturated rings. The van der Waals surface area contributed by atoms with Crippen LogP contribution in [0.3, 0.4) is 0 Å². The van der Waals surface area contributed by atoms with Gasteiger partial charge in [0.05, 0.1) is 5.41 Å². The van der Waals surface area contributed by atoms with Crippen molar-refractivity contribution in [3.63, 3.8) is 0 Å². The van der Waals surface area contributed by atoms with E-state index in [9.17, 15) is 13.2 Å². The molecule has 0 radical (unpaired) electrons. The number of guanidine groups is 1. The van der Waals surface area contributed by atoms with Crippen LogP contribution < -0.4 is 10.6 Å². The minimum Gasteiger partial charge on any atom is -0.356 e. The van der Waals surface area contributed by atoms with E-state index in [1.807, 2.05) is 0 Å². The Morgan fingerprint density at radius 2 is 2.00 bits per heavy atom. The highest BCUT2D eigenvalue weighted by atomic mass is 127. The van der Waals surface area contributed by atoms with E-state index in [2.05, 4.69) is 15.6 Å². The van der Waals surface area contributed by atoms with Crippen molar-refractivity contribution in [2.45, 2.75) is 31.9 Å². The van der Waals surface area contributed by atoms with Crippen LogP contribution in [0, 0.1) is 5.41 Å². The smallest absolute Gasteiger partial charge is 0.356 e. The first-order valence-corrected chi connectivity index (χ1v) is 5.62. The Morgan fingerprint density at radius 1 is 1.29 bits per heavy atom. The Bertz CT molecular complexity index is 287. The minimum atomic E-state index is -4.10. The minimum absolute atomic E-state index is 0. The van der Waals surface area contributed by atoms with E-state index >= 15 is 0 Å². The normalized spacial score (nSPS) is 22.6. The fourth-order valence-electron chi connectivity index (χ4n) is 2.07. The Kier molecular flexibility index (Phi) is 4.91. The Hall–Kier alpha value is -0.210. The van der Waals surface area contributed by atoms with Gasteiger partial charge in [-0.1, -0.05) is 6.42 Å². The molecule has 2 N–H and O–H groups in total. The molecule has 0 aromatic rings. The molecule has 0 saturated heterocycles. The van der Waals surface area contributed by atoms with Crippen molar-refractivity contribution in [3.8, 4) is 0 Å². The molecule has 0 unspecified atom stereocenters. The van der Waals surface area contributed by atoms with Gasteiger partial charge in [-0.15, -0.1) is 24.0 Å². The summed E-state index contributed by atoms with van der Waals surface area (Å²) in [5.74, 6) is 0.516. The van der Waals surface area contributed by atoms with Crippen LogP contribution in [-0.4, -0.2) is 31.8 Å². The highest BCUT2D eigenvalue weighted by Crippen LogP contribution is 2.52. The van der Waals surface area contributed by atoms with Crippen molar-refractivity contribution >= 4 is 29.9 Å². The molecule has 17 heavy (non-hydrogen) atoms. The number of alkyl halides is 3. The molecular formula is C10H17F3IN3. The van der Waals surface area contributed by atoms with Crippen LogP contribution in [0.25, 0.3) is 0 Å². The first-order chi connectivity index (χ1) is 7.54.